The first-order valence-electron chi connectivity index (χ1n) is 5.61. The summed E-state index contributed by atoms with van der Waals surface area (Å²) in [6, 6.07) is 0. The van der Waals surface area contributed by atoms with Gasteiger partial charge in [0.25, 0.3) is 0 Å². The Morgan fingerprint density at radius 1 is 1.33 bits per heavy atom. The summed E-state index contributed by atoms with van der Waals surface area (Å²) < 4.78 is 1.73. The molecule has 0 atom stereocenters. The third-order valence-electron chi connectivity index (χ3n) is 2.91. The average molecular weight is 243 g/mol. The third-order valence-corrected chi connectivity index (χ3v) is 2.91. The van der Waals surface area contributed by atoms with Crippen LogP contribution in [0.25, 0.3) is 11.0 Å². The van der Waals surface area contributed by atoms with Crippen LogP contribution < -0.4 is 5.32 Å². The van der Waals surface area contributed by atoms with Gasteiger partial charge in [-0.2, -0.15) is 10.2 Å². The van der Waals surface area contributed by atoms with Crippen LogP contribution in [-0.4, -0.2) is 29.9 Å². The highest BCUT2D eigenvalue weighted by molar-refractivity contribution is 5.85. The first-order valence-corrected chi connectivity index (χ1v) is 5.61. The second-order valence-corrected chi connectivity index (χ2v) is 4.10. The summed E-state index contributed by atoms with van der Waals surface area (Å²) in [6.07, 6.45) is 5.11. The highest BCUT2D eigenvalue weighted by Crippen LogP contribution is 2.18. The summed E-state index contributed by atoms with van der Waals surface area (Å²) in [5.41, 5.74) is 2.99. The lowest BCUT2D eigenvalue weighted by Gasteiger charge is -2.05. The van der Waals surface area contributed by atoms with Crippen LogP contribution >= 0.6 is 0 Å². The van der Waals surface area contributed by atoms with Gasteiger partial charge in [0.15, 0.2) is 5.65 Å². The van der Waals surface area contributed by atoms with Gasteiger partial charge in [-0.1, -0.05) is 0 Å². The highest BCUT2D eigenvalue weighted by atomic mass is 15.3. The molecule has 0 aliphatic heterocycles. The lowest BCUT2D eigenvalue weighted by Crippen LogP contribution is -2.03. The molecule has 0 saturated heterocycles. The first kappa shape index (κ1) is 10.7. The fraction of sp³-hybridized carbons (Fsp3) is 0.273. The molecule has 92 valence electrons. The number of H-pyrrole nitrogens is 1. The zero-order valence-corrected chi connectivity index (χ0v) is 10.2. The minimum absolute atomic E-state index is 0.670. The molecule has 0 spiro atoms. The SMILES string of the molecule is Cc1[nH]ncc1CNc1ncnc2c1cnn2C. The maximum absolute atomic E-state index is 4.24. The molecule has 3 rings (SSSR count). The van der Waals surface area contributed by atoms with Crippen molar-refractivity contribution in [1.82, 2.24) is 29.9 Å². The average Bonchev–Trinajstić information content (AvgIpc) is 2.95. The van der Waals surface area contributed by atoms with Gasteiger partial charge in [0.1, 0.15) is 12.1 Å². The molecule has 7 nitrogen and oxygen atoms in total. The highest BCUT2D eigenvalue weighted by Gasteiger charge is 2.08. The monoisotopic (exact) mass is 243 g/mol. The van der Waals surface area contributed by atoms with E-state index in [4.69, 9.17) is 0 Å². The summed E-state index contributed by atoms with van der Waals surface area (Å²) in [5, 5.41) is 15.3. The topological polar surface area (TPSA) is 84.3 Å². The summed E-state index contributed by atoms with van der Waals surface area (Å²) in [4.78, 5) is 8.44. The zero-order valence-electron chi connectivity index (χ0n) is 10.2. The fourth-order valence-corrected chi connectivity index (χ4v) is 1.84. The van der Waals surface area contributed by atoms with Crippen LogP contribution in [0.1, 0.15) is 11.3 Å². The first-order chi connectivity index (χ1) is 8.75. The van der Waals surface area contributed by atoms with Crippen molar-refractivity contribution >= 4 is 16.9 Å². The van der Waals surface area contributed by atoms with E-state index in [1.54, 1.807) is 10.9 Å². The third kappa shape index (κ3) is 1.69. The lowest BCUT2D eigenvalue weighted by atomic mass is 10.2. The molecule has 3 aromatic rings. The van der Waals surface area contributed by atoms with Crippen LogP contribution in [0.4, 0.5) is 5.82 Å². The maximum atomic E-state index is 4.24. The second-order valence-electron chi connectivity index (χ2n) is 4.10. The van der Waals surface area contributed by atoms with E-state index in [-0.39, 0.29) is 0 Å². The van der Waals surface area contributed by atoms with Gasteiger partial charge >= 0.3 is 0 Å². The molecule has 0 aliphatic carbocycles. The molecular formula is C11H13N7. The molecule has 0 saturated carbocycles. The molecular weight excluding hydrogens is 230 g/mol. The number of aromatic amines is 1. The predicted octanol–water partition coefficient (Wildman–Crippen LogP) is 1.01. The Morgan fingerprint density at radius 3 is 3.00 bits per heavy atom. The normalized spacial score (nSPS) is 11.0. The number of aryl methyl sites for hydroxylation is 2. The number of nitrogens with zero attached hydrogens (tertiary/aromatic N) is 5. The van der Waals surface area contributed by atoms with Gasteiger partial charge in [-0.25, -0.2) is 9.97 Å². The number of rotatable bonds is 3. The van der Waals surface area contributed by atoms with Crippen molar-refractivity contribution < 1.29 is 0 Å². The number of aromatic nitrogens is 6. The van der Waals surface area contributed by atoms with Crippen LogP contribution in [0.5, 0.6) is 0 Å². The van der Waals surface area contributed by atoms with Gasteiger partial charge in [0, 0.05) is 24.8 Å². The standard InChI is InChI=1S/C11H13N7/c1-7-8(4-15-17-7)3-12-10-9-5-16-18(2)11(9)14-6-13-10/h4-6H,3H2,1-2H3,(H,15,17)(H,12,13,14). The Labute approximate surface area is 103 Å². The summed E-state index contributed by atoms with van der Waals surface area (Å²) in [5.74, 6) is 0.786. The van der Waals surface area contributed by atoms with Gasteiger partial charge in [-0.05, 0) is 6.92 Å². The number of nitrogens with one attached hydrogen (secondary N) is 2. The summed E-state index contributed by atoms with van der Waals surface area (Å²) >= 11 is 0. The van der Waals surface area contributed by atoms with Gasteiger partial charge in [0.05, 0.1) is 17.8 Å². The quantitative estimate of drug-likeness (QED) is 0.717. The second kappa shape index (κ2) is 4.10. The zero-order chi connectivity index (χ0) is 12.5. The summed E-state index contributed by atoms with van der Waals surface area (Å²) in [7, 11) is 1.86. The van der Waals surface area contributed by atoms with Crippen molar-refractivity contribution in [3.8, 4) is 0 Å². The number of hydrogen-bond donors (Lipinski definition) is 2. The van der Waals surface area contributed by atoms with Gasteiger partial charge in [-0.3, -0.25) is 9.78 Å². The van der Waals surface area contributed by atoms with Crippen LogP contribution in [0.2, 0.25) is 0 Å². The van der Waals surface area contributed by atoms with Crippen molar-refractivity contribution in [1.29, 1.82) is 0 Å². The van der Waals surface area contributed by atoms with E-state index in [1.807, 2.05) is 20.2 Å². The number of anilines is 1. The fourth-order valence-electron chi connectivity index (χ4n) is 1.84. The van der Waals surface area contributed by atoms with Crippen molar-refractivity contribution in [2.24, 2.45) is 7.05 Å². The van der Waals surface area contributed by atoms with E-state index in [0.29, 0.717) is 6.54 Å². The van der Waals surface area contributed by atoms with Crippen LogP contribution in [0, 0.1) is 6.92 Å². The molecule has 0 radical (unpaired) electrons. The molecule has 0 fully saturated rings. The minimum atomic E-state index is 0.670. The van der Waals surface area contributed by atoms with E-state index in [9.17, 15) is 0 Å². The van der Waals surface area contributed by atoms with Gasteiger partial charge in [-0.15, -0.1) is 0 Å². The number of fused-ring (bicyclic) bond motifs is 1. The van der Waals surface area contributed by atoms with Gasteiger partial charge < -0.3 is 5.32 Å². The Kier molecular flexibility index (Phi) is 2.44. The molecule has 0 unspecified atom stereocenters. The minimum Gasteiger partial charge on any atom is -0.365 e. The molecule has 3 heterocycles. The molecule has 3 aromatic heterocycles. The molecule has 0 aromatic carbocycles. The Hall–Kier alpha value is -2.44. The number of hydrogen-bond acceptors (Lipinski definition) is 5. The largest absolute Gasteiger partial charge is 0.365 e. The smallest absolute Gasteiger partial charge is 0.163 e. The lowest BCUT2D eigenvalue weighted by molar-refractivity contribution is 0.785. The van der Waals surface area contributed by atoms with E-state index in [2.05, 4.69) is 30.6 Å². The predicted molar refractivity (Wildman–Crippen MR) is 67.0 cm³/mol. The van der Waals surface area contributed by atoms with E-state index < -0.39 is 0 Å². The Morgan fingerprint density at radius 2 is 2.22 bits per heavy atom. The molecule has 0 bridgehead atoms. The van der Waals surface area contributed by atoms with Crippen molar-refractivity contribution in [2.45, 2.75) is 13.5 Å². The van der Waals surface area contributed by atoms with Crippen molar-refractivity contribution in [3.63, 3.8) is 0 Å². The van der Waals surface area contributed by atoms with E-state index in [1.165, 1.54) is 6.33 Å². The van der Waals surface area contributed by atoms with Crippen LogP contribution in [0.3, 0.4) is 0 Å². The van der Waals surface area contributed by atoms with Crippen molar-refractivity contribution in [3.05, 3.63) is 30.0 Å². The Balaban J connectivity index is 1.89. The maximum Gasteiger partial charge on any atom is 0.163 e. The molecule has 18 heavy (non-hydrogen) atoms. The molecule has 0 aliphatic rings. The van der Waals surface area contributed by atoms with Gasteiger partial charge in [0.2, 0.25) is 0 Å². The Bertz CT molecular complexity index is 682. The molecule has 7 heteroatoms. The van der Waals surface area contributed by atoms with Crippen LogP contribution in [0.15, 0.2) is 18.7 Å². The van der Waals surface area contributed by atoms with Crippen molar-refractivity contribution in [2.75, 3.05) is 5.32 Å². The molecule has 0 amide bonds. The van der Waals surface area contributed by atoms with Crippen LogP contribution in [-0.2, 0) is 13.6 Å². The molecule has 2 N–H and O–H groups in total. The van der Waals surface area contributed by atoms with E-state index >= 15 is 0 Å². The summed E-state index contributed by atoms with van der Waals surface area (Å²) in [6.45, 7) is 2.66. The van der Waals surface area contributed by atoms with E-state index in [0.717, 1.165) is 28.1 Å².